The van der Waals surface area contributed by atoms with Crippen LogP contribution in [0.5, 0.6) is 0 Å². The quantitative estimate of drug-likeness (QED) is 0.282. The third-order valence-corrected chi connectivity index (χ3v) is 9.82. The number of aromatic nitrogens is 2. The molecule has 1 saturated carbocycles. The summed E-state index contributed by atoms with van der Waals surface area (Å²) in [5.41, 5.74) is 1.42. The monoisotopic (exact) mass is 600 g/mol. The Morgan fingerprint density at radius 1 is 1.14 bits per heavy atom. The molecule has 3 aliphatic rings. The fourth-order valence-corrected chi connectivity index (χ4v) is 7.18. The Labute approximate surface area is 244 Å². The van der Waals surface area contributed by atoms with Gasteiger partial charge in [0, 0.05) is 5.39 Å². The summed E-state index contributed by atoms with van der Waals surface area (Å²) < 4.78 is 45.4. The Hall–Kier alpha value is -3.07. The summed E-state index contributed by atoms with van der Waals surface area (Å²) in [6.07, 6.45) is 2.71. The molecule has 12 nitrogen and oxygen atoms in total. The minimum Gasteiger partial charge on any atom is -0.443 e. The molecule has 5 atom stereocenters. The minimum absolute atomic E-state index is 0.00555. The number of fused-ring (bicyclic) bond motifs is 2. The van der Waals surface area contributed by atoms with Crippen molar-refractivity contribution in [2.24, 2.45) is 5.92 Å². The van der Waals surface area contributed by atoms with E-state index in [-0.39, 0.29) is 36.2 Å². The van der Waals surface area contributed by atoms with Gasteiger partial charge in [0.15, 0.2) is 6.29 Å². The first kappa shape index (κ1) is 29.0. The highest BCUT2D eigenvalue weighted by Gasteiger charge is 2.44. The largest absolute Gasteiger partial charge is 0.443 e. The Bertz CT molecular complexity index is 1460. The van der Waals surface area contributed by atoms with Gasteiger partial charge in [-0.15, -0.1) is 0 Å². The summed E-state index contributed by atoms with van der Waals surface area (Å²) in [5.74, 6) is -0.0408. The van der Waals surface area contributed by atoms with Gasteiger partial charge in [-0.2, -0.15) is 5.10 Å². The summed E-state index contributed by atoms with van der Waals surface area (Å²) in [5, 5.41) is 21.8. The molecular weight excluding hydrogens is 564 g/mol. The van der Waals surface area contributed by atoms with Crippen LogP contribution in [0.2, 0.25) is 0 Å². The summed E-state index contributed by atoms with van der Waals surface area (Å²) in [4.78, 5) is 19.1. The van der Waals surface area contributed by atoms with Gasteiger partial charge in [0.2, 0.25) is 0 Å². The minimum atomic E-state index is -4.19. The number of nitrogens with zero attached hydrogens (tertiary/aromatic N) is 2. The van der Waals surface area contributed by atoms with Crippen LogP contribution in [0, 0.1) is 5.92 Å². The van der Waals surface area contributed by atoms with Crippen LogP contribution in [-0.4, -0.2) is 84.7 Å². The van der Waals surface area contributed by atoms with Crippen LogP contribution >= 0.6 is 0 Å². The van der Waals surface area contributed by atoms with Crippen molar-refractivity contribution in [1.82, 2.24) is 20.0 Å². The lowest BCUT2D eigenvalue weighted by Crippen LogP contribution is -2.51. The number of rotatable bonds is 11. The molecule has 3 fully saturated rings. The highest BCUT2D eigenvalue weighted by Crippen LogP contribution is 2.33. The first-order chi connectivity index (χ1) is 20.4. The highest BCUT2D eigenvalue weighted by atomic mass is 32.2. The SMILES string of the molecule is O=C(N[C@@H](Cc1ccccc1)C(O)CN(OC1CCCC1)S(=O)(=O)c1ccc2cn[nH]c2c1)OC1COC2OCCC12. The molecule has 0 bridgehead atoms. The second-order valence-corrected chi connectivity index (χ2v) is 12.9. The average Bonchev–Trinajstić information content (AvgIpc) is 3.79. The standard InChI is InChI=1S/C29H36N4O8S/c34-26(17-33(41-21-8-4-5-9-21)42(36,37)22-11-10-20-16-30-32-24(20)15-22)25(14-19-6-2-1-3-7-19)31-29(35)40-27-18-39-28-23(27)12-13-38-28/h1-3,6-7,10-11,15-16,21,23,25-28,34H,4-5,8-9,12-14,17-18H2,(H,30,32)(H,31,35)/t23?,25-,26?,27?,28?/m0/s1. The molecule has 2 aromatic carbocycles. The number of hydrogen-bond donors (Lipinski definition) is 3. The van der Waals surface area contributed by atoms with Crippen molar-refractivity contribution in [3.8, 4) is 0 Å². The second kappa shape index (κ2) is 12.7. The predicted octanol–water partition coefficient (Wildman–Crippen LogP) is 2.89. The topological polar surface area (TPSA) is 152 Å². The number of amides is 1. The lowest BCUT2D eigenvalue weighted by molar-refractivity contribution is -0.145. The van der Waals surface area contributed by atoms with E-state index in [9.17, 15) is 18.3 Å². The van der Waals surface area contributed by atoms with Gasteiger partial charge >= 0.3 is 6.09 Å². The van der Waals surface area contributed by atoms with Crippen molar-refractivity contribution in [1.29, 1.82) is 0 Å². The molecule has 13 heteroatoms. The van der Waals surface area contributed by atoms with Gasteiger partial charge in [-0.25, -0.2) is 13.2 Å². The molecule has 3 heterocycles. The van der Waals surface area contributed by atoms with Crippen LogP contribution < -0.4 is 5.32 Å². The van der Waals surface area contributed by atoms with Gasteiger partial charge < -0.3 is 24.6 Å². The van der Waals surface area contributed by atoms with E-state index < -0.39 is 40.9 Å². The number of carbonyl (C=O) groups is 1. The molecule has 1 amide bonds. The van der Waals surface area contributed by atoms with Gasteiger partial charge in [0.1, 0.15) is 6.10 Å². The van der Waals surface area contributed by atoms with Crippen molar-refractivity contribution >= 4 is 27.0 Å². The zero-order chi connectivity index (χ0) is 29.1. The number of carbonyl (C=O) groups excluding carboxylic acids is 1. The van der Waals surface area contributed by atoms with Gasteiger partial charge in [0.05, 0.1) is 60.5 Å². The van der Waals surface area contributed by atoms with E-state index in [1.807, 2.05) is 30.3 Å². The third kappa shape index (κ3) is 6.46. The van der Waals surface area contributed by atoms with E-state index in [0.717, 1.165) is 47.5 Å². The highest BCUT2D eigenvalue weighted by molar-refractivity contribution is 7.89. The van der Waals surface area contributed by atoms with E-state index in [0.29, 0.717) is 12.1 Å². The molecule has 1 aliphatic carbocycles. The molecule has 42 heavy (non-hydrogen) atoms. The second-order valence-electron chi connectivity index (χ2n) is 11.1. The van der Waals surface area contributed by atoms with E-state index in [1.165, 1.54) is 12.1 Å². The fourth-order valence-electron chi connectivity index (χ4n) is 5.85. The molecule has 3 aromatic rings. The molecule has 6 rings (SSSR count). The number of sulfonamides is 1. The van der Waals surface area contributed by atoms with Crippen molar-refractivity contribution in [2.75, 3.05) is 19.8 Å². The zero-order valence-corrected chi connectivity index (χ0v) is 23.9. The van der Waals surface area contributed by atoms with Crippen LogP contribution in [0.15, 0.2) is 59.6 Å². The van der Waals surface area contributed by atoms with E-state index in [4.69, 9.17) is 19.0 Å². The van der Waals surface area contributed by atoms with Crippen LogP contribution in [0.1, 0.15) is 37.7 Å². The molecular formula is C29H36N4O8S. The first-order valence-electron chi connectivity index (χ1n) is 14.4. The number of ether oxygens (including phenoxy) is 3. The van der Waals surface area contributed by atoms with Crippen molar-refractivity contribution in [2.45, 2.75) is 74.1 Å². The number of aliphatic hydroxyl groups excluding tert-OH is 1. The molecule has 0 spiro atoms. The maximum absolute atomic E-state index is 13.9. The van der Waals surface area contributed by atoms with Crippen LogP contribution in [-0.2, 0) is 35.5 Å². The van der Waals surface area contributed by atoms with Crippen LogP contribution in [0.4, 0.5) is 4.79 Å². The number of hydrogen-bond acceptors (Lipinski definition) is 9. The Morgan fingerprint density at radius 3 is 2.76 bits per heavy atom. The maximum Gasteiger partial charge on any atom is 0.407 e. The number of hydroxylamine groups is 1. The number of alkyl carbamates (subject to hydrolysis) is 1. The van der Waals surface area contributed by atoms with Gasteiger partial charge in [0.25, 0.3) is 10.0 Å². The van der Waals surface area contributed by atoms with Crippen molar-refractivity contribution in [3.63, 3.8) is 0 Å². The van der Waals surface area contributed by atoms with Crippen LogP contribution in [0.3, 0.4) is 0 Å². The fraction of sp³-hybridized carbons (Fsp3) is 0.517. The van der Waals surface area contributed by atoms with Crippen molar-refractivity contribution < 1.29 is 37.4 Å². The maximum atomic E-state index is 13.9. The number of benzene rings is 2. The Balaban J connectivity index is 1.22. The number of aliphatic hydroxyl groups is 1. The molecule has 2 aliphatic heterocycles. The van der Waals surface area contributed by atoms with Gasteiger partial charge in [-0.05, 0) is 49.4 Å². The summed E-state index contributed by atoms with van der Waals surface area (Å²) in [6.45, 7) is 0.379. The van der Waals surface area contributed by atoms with E-state index in [2.05, 4.69) is 15.5 Å². The number of H-pyrrole nitrogens is 1. The zero-order valence-electron chi connectivity index (χ0n) is 23.1. The first-order valence-corrected chi connectivity index (χ1v) is 15.9. The molecule has 1 aromatic heterocycles. The molecule has 226 valence electrons. The summed E-state index contributed by atoms with van der Waals surface area (Å²) >= 11 is 0. The van der Waals surface area contributed by atoms with Crippen molar-refractivity contribution in [3.05, 3.63) is 60.3 Å². The molecule has 3 N–H and O–H groups in total. The third-order valence-electron chi connectivity index (χ3n) is 8.19. The number of nitrogens with one attached hydrogen (secondary N) is 2. The van der Waals surface area contributed by atoms with Gasteiger partial charge in [-0.1, -0.05) is 47.6 Å². The normalized spacial score (nSPS) is 24.2. The van der Waals surface area contributed by atoms with Gasteiger partial charge in [-0.3, -0.25) is 9.94 Å². The summed E-state index contributed by atoms with van der Waals surface area (Å²) in [6, 6.07) is 13.1. The lowest BCUT2D eigenvalue weighted by Gasteiger charge is -2.31. The smallest absolute Gasteiger partial charge is 0.407 e. The van der Waals surface area contributed by atoms with E-state index in [1.54, 1.807) is 12.3 Å². The Kier molecular flexibility index (Phi) is 8.75. The predicted molar refractivity (Wildman–Crippen MR) is 150 cm³/mol. The Morgan fingerprint density at radius 2 is 1.95 bits per heavy atom. The molecule has 0 radical (unpaired) electrons. The molecule has 4 unspecified atom stereocenters. The summed E-state index contributed by atoms with van der Waals surface area (Å²) in [7, 11) is -4.19. The lowest BCUT2D eigenvalue weighted by atomic mass is 10.0. The average molecular weight is 601 g/mol. The molecule has 2 saturated heterocycles. The van der Waals surface area contributed by atoms with E-state index >= 15 is 0 Å². The van der Waals surface area contributed by atoms with Crippen LogP contribution in [0.25, 0.3) is 10.9 Å². The number of aromatic amines is 1.